The standard InChI is InChI=1S/C28H45N3O6/c1-15-6-7-20-26(2,3)23(30-31-8-10-36-11-9-31)19(35-5)14-28(20)27(15,4)13-17-18(32)12-16-21(22(17)37-28)25(34)29-24(16)33/h15-22,25,32,34H,6-14H2,1-5H3,(H,29,33). The lowest BCUT2D eigenvalue weighted by Gasteiger charge is -2.70. The Hall–Kier alpha value is -1.26. The summed E-state index contributed by atoms with van der Waals surface area (Å²) in [6.07, 6.45) is 1.89. The van der Waals surface area contributed by atoms with Crippen molar-refractivity contribution in [3.63, 3.8) is 0 Å². The molecule has 3 N–H and O–H groups in total. The molecule has 9 nitrogen and oxygen atoms in total. The van der Waals surface area contributed by atoms with E-state index >= 15 is 0 Å². The van der Waals surface area contributed by atoms with Crippen molar-refractivity contribution in [3.05, 3.63) is 0 Å². The first-order chi connectivity index (χ1) is 17.5. The minimum atomic E-state index is -0.939. The fourth-order valence-electron chi connectivity index (χ4n) is 9.41. The maximum Gasteiger partial charge on any atom is 0.225 e. The Morgan fingerprint density at radius 2 is 1.86 bits per heavy atom. The average Bonchev–Trinajstić information content (AvgIpc) is 3.14. The van der Waals surface area contributed by atoms with Crippen LogP contribution in [0.3, 0.4) is 0 Å². The third-order valence-electron chi connectivity index (χ3n) is 11.6. The lowest BCUT2D eigenvalue weighted by atomic mass is 9.42. The van der Waals surface area contributed by atoms with Gasteiger partial charge in [0.25, 0.3) is 0 Å². The van der Waals surface area contributed by atoms with Gasteiger partial charge in [0.2, 0.25) is 5.91 Å². The van der Waals surface area contributed by atoms with Crippen LogP contribution in [0.4, 0.5) is 0 Å². The first-order valence-electron chi connectivity index (χ1n) is 14.3. The summed E-state index contributed by atoms with van der Waals surface area (Å²) in [5.74, 6) is -0.420. The third kappa shape index (κ3) is 3.60. The van der Waals surface area contributed by atoms with Crippen LogP contribution in [-0.4, -0.2) is 90.4 Å². The molecule has 9 heteroatoms. The summed E-state index contributed by atoms with van der Waals surface area (Å²) in [6.45, 7) is 12.2. The molecule has 208 valence electrons. The number of aliphatic hydroxyl groups is 2. The maximum atomic E-state index is 12.7. The van der Waals surface area contributed by atoms with E-state index in [1.54, 1.807) is 7.11 Å². The number of nitrogens with zero attached hydrogens (tertiary/aromatic N) is 2. The number of morpholine rings is 1. The van der Waals surface area contributed by atoms with Crippen molar-refractivity contribution in [3.8, 4) is 0 Å². The van der Waals surface area contributed by atoms with Crippen molar-refractivity contribution in [2.45, 2.75) is 89.9 Å². The number of amides is 1. The molecule has 3 saturated carbocycles. The summed E-state index contributed by atoms with van der Waals surface area (Å²) in [5, 5.41) is 32.2. The van der Waals surface area contributed by atoms with E-state index in [1.807, 2.05) is 0 Å². The molecule has 6 rings (SSSR count). The van der Waals surface area contributed by atoms with Gasteiger partial charge in [-0.1, -0.05) is 27.7 Å². The van der Waals surface area contributed by atoms with E-state index in [2.05, 4.69) is 38.0 Å². The van der Waals surface area contributed by atoms with E-state index in [0.29, 0.717) is 32.0 Å². The topological polar surface area (TPSA) is 113 Å². The molecule has 11 atom stereocenters. The van der Waals surface area contributed by atoms with Gasteiger partial charge in [-0.25, -0.2) is 0 Å². The van der Waals surface area contributed by atoms with E-state index < -0.39 is 23.9 Å². The minimum Gasteiger partial charge on any atom is -0.393 e. The summed E-state index contributed by atoms with van der Waals surface area (Å²) in [6, 6.07) is 0. The molecule has 3 aliphatic heterocycles. The van der Waals surface area contributed by atoms with Crippen LogP contribution in [0, 0.1) is 40.4 Å². The van der Waals surface area contributed by atoms with Gasteiger partial charge in [-0.15, -0.1) is 0 Å². The Morgan fingerprint density at radius 3 is 2.57 bits per heavy atom. The van der Waals surface area contributed by atoms with Gasteiger partial charge in [0, 0.05) is 36.2 Å². The zero-order chi connectivity index (χ0) is 26.3. The second-order valence-corrected chi connectivity index (χ2v) is 13.4. The Kier molecular flexibility index (Phi) is 6.24. The normalized spacial score (nSPS) is 52.1. The summed E-state index contributed by atoms with van der Waals surface area (Å²) in [7, 11) is 1.77. The van der Waals surface area contributed by atoms with E-state index in [4.69, 9.17) is 19.3 Å². The number of hydrogen-bond acceptors (Lipinski definition) is 8. The lowest BCUT2D eigenvalue weighted by molar-refractivity contribution is -0.329. The summed E-state index contributed by atoms with van der Waals surface area (Å²) >= 11 is 0. The van der Waals surface area contributed by atoms with Crippen LogP contribution in [0.1, 0.15) is 59.8 Å². The quantitative estimate of drug-likeness (QED) is 0.510. The second kappa shape index (κ2) is 8.88. The predicted octanol–water partition coefficient (Wildman–Crippen LogP) is 1.76. The molecule has 3 aliphatic carbocycles. The van der Waals surface area contributed by atoms with Crippen molar-refractivity contribution in [2.24, 2.45) is 45.5 Å². The van der Waals surface area contributed by atoms with Gasteiger partial charge in [-0.3, -0.25) is 9.80 Å². The van der Waals surface area contributed by atoms with Gasteiger partial charge < -0.3 is 29.7 Å². The van der Waals surface area contributed by atoms with Gasteiger partial charge in [-0.2, -0.15) is 5.10 Å². The largest absolute Gasteiger partial charge is 0.393 e. The Labute approximate surface area is 220 Å². The number of nitrogens with one attached hydrogen (secondary N) is 1. The Morgan fingerprint density at radius 1 is 1.14 bits per heavy atom. The van der Waals surface area contributed by atoms with Crippen LogP contribution < -0.4 is 5.32 Å². The van der Waals surface area contributed by atoms with Crippen molar-refractivity contribution in [1.82, 2.24) is 10.3 Å². The maximum absolute atomic E-state index is 12.7. The lowest BCUT2D eigenvalue weighted by Crippen LogP contribution is -2.74. The summed E-state index contributed by atoms with van der Waals surface area (Å²) in [4.78, 5) is 12.7. The summed E-state index contributed by atoms with van der Waals surface area (Å²) in [5.41, 5.74) is 0.118. The van der Waals surface area contributed by atoms with E-state index in [9.17, 15) is 15.0 Å². The highest BCUT2D eigenvalue weighted by atomic mass is 16.5. The van der Waals surface area contributed by atoms with Crippen LogP contribution in [-0.2, 0) is 19.0 Å². The molecule has 0 aromatic carbocycles. The molecule has 0 bridgehead atoms. The smallest absolute Gasteiger partial charge is 0.225 e. The highest BCUT2D eigenvalue weighted by Gasteiger charge is 2.72. The van der Waals surface area contributed by atoms with Gasteiger partial charge in [0.15, 0.2) is 0 Å². The molecule has 0 aromatic heterocycles. The number of fused-ring (bicyclic) bond motifs is 3. The molecule has 37 heavy (non-hydrogen) atoms. The fourth-order valence-corrected chi connectivity index (χ4v) is 9.41. The van der Waals surface area contributed by atoms with Gasteiger partial charge in [-0.05, 0) is 37.5 Å². The number of hydrazone groups is 1. The number of rotatable bonds is 2. The molecule has 11 unspecified atom stereocenters. The van der Waals surface area contributed by atoms with Gasteiger partial charge >= 0.3 is 0 Å². The highest BCUT2D eigenvalue weighted by molar-refractivity contribution is 5.95. The number of carbonyl (C=O) groups is 1. The highest BCUT2D eigenvalue weighted by Crippen LogP contribution is 2.68. The number of methoxy groups -OCH3 is 1. The Balaban J connectivity index is 1.43. The molecule has 6 fully saturated rings. The molecule has 3 saturated heterocycles. The van der Waals surface area contributed by atoms with E-state index in [-0.39, 0.29) is 46.7 Å². The zero-order valence-corrected chi connectivity index (χ0v) is 23.0. The number of ether oxygens (including phenoxy) is 3. The molecular formula is C28H45N3O6. The van der Waals surface area contributed by atoms with Gasteiger partial charge in [0.05, 0.1) is 55.7 Å². The molecule has 3 heterocycles. The summed E-state index contributed by atoms with van der Waals surface area (Å²) < 4.78 is 19.1. The Bertz CT molecular complexity index is 952. The van der Waals surface area contributed by atoms with E-state index in [0.717, 1.165) is 38.1 Å². The van der Waals surface area contributed by atoms with Crippen molar-refractivity contribution in [1.29, 1.82) is 0 Å². The SMILES string of the molecule is COC1CC23OC4C(CC2(C)C(C)CCC3C(C)(C)C1=NN1CCOCC1)C(O)CC1C(=O)NC(O)C14. The number of hydrogen-bond donors (Lipinski definition) is 3. The van der Waals surface area contributed by atoms with Crippen LogP contribution in [0.2, 0.25) is 0 Å². The second-order valence-electron chi connectivity index (χ2n) is 13.4. The first-order valence-corrected chi connectivity index (χ1v) is 14.3. The zero-order valence-electron chi connectivity index (χ0n) is 23.0. The van der Waals surface area contributed by atoms with Crippen LogP contribution in [0.5, 0.6) is 0 Å². The van der Waals surface area contributed by atoms with Crippen LogP contribution in [0.25, 0.3) is 0 Å². The van der Waals surface area contributed by atoms with Crippen molar-refractivity contribution < 1.29 is 29.2 Å². The third-order valence-corrected chi connectivity index (χ3v) is 11.6. The molecule has 1 amide bonds. The van der Waals surface area contributed by atoms with Crippen molar-refractivity contribution in [2.75, 3.05) is 33.4 Å². The number of aliphatic hydroxyl groups excluding tert-OH is 2. The molecule has 0 radical (unpaired) electrons. The van der Waals surface area contributed by atoms with E-state index in [1.165, 1.54) is 0 Å². The molecule has 1 spiro atoms. The molecular weight excluding hydrogens is 474 g/mol. The monoisotopic (exact) mass is 519 g/mol. The first kappa shape index (κ1) is 26.0. The number of carbonyl (C=O) groups excluding carboxylic acids is 1. The van der Waals surface area contributed by atoms with Crippen LogP contribution in [0.15, 0.2) is 5.10 Å². The average molecular weight is 520 g/mol. The van der Waals surface area contributed by atoms with Crippen LogP contribution >= 0.6 is 0 Å². The molecule has 0 aromatic rings. The fraction of sp³-hybridized carbons (Fsp3) is 0.929. The van der Waals surface area contributed by atoms with Crippen molar-refractivity contribution >= 4 is 11.6 Å². The van der Waals surface area contributed by atoms with Gasteiger partial charge in [0.1, 0.15) is 12.3 Å². The molecule has 6 aliphatic rings. The predicted molar refractivity (Wildman–Crippen MR) is 136 cm³/mol. The minimum absolute atomic E-state index is 0.104.